The number of hydrogen-bond donors (Lipinski definition) is 1. The third-order valence-corrected chi connectivity index (χ3v) is 3.51. The number of aliphatic carboxylic acids is 1. The number of nitrogens with zero attached hydrogens (tertiary/aromatic N) is 2. The van der Waals surface area contributed by atoms with Crippen LogP contribution < -0.4 is 0 Å². The van der Waals surface area contributed by atoms with Crippen LogP contribution in [0.15, 0.2) is 18.2 Å². The van der Waals surface area contributed by atoms with Crippen molar-refractivity contribution in [3.63, 3.8) is 0 Å². The van der Waals surface area contributed by atoms with Crippen molar-refractivity contribution in [3.8, 4) is 0 Å². The van der Waals surface area contributed by atoms with Crippen molar-refractivity contribution in [2.45, 2.75) is 18.9 Å². The fraction of sp³-hybridized carbons (Fsp3) is 0.333. The van der Waals surface area contributed by atoms with E-state index in [2.05, 4.69) is 0 Å². The first-order valence-electron chi connectivity index (χ1n) is 5.89. The van der Waals surface area contributed by atoms with Gasteiger partial charge >= 0.3 is 5.97 Å². The summed E-state index contributed by atoms with van der Waals surface area (Å²) in [6, 6.07) is 2.64. The summed E-state index contributed by atoms with van der Waals surface area (Å²) in [5, 5.41) is 19.6. The van der Waals surface area contributed by atoms with E-state index in [4.69, 9.17) is 16.7 Å². The van der Waals surface area contributed by atoms with Crippen molar-refractivity contribution in [1.82, 2.24) is 4.90 Å². The monoisotopic (exact) mass is 298 g/mol. The van der Waals surface area contributed by atoms with Crippen molar-refractivity contribution in [1.29, 1.82) is 0 Å². The average molecular weight is 299 g/mol. The Morgan fingerprint density at radius 3 is 2.70 bits per heavy atom. The maximum absolute atomic E-state index is 12.3. The summed E-state index contributed by atoms with van der Waals surface area (Å²) in [5.41, 5.74) is -0.145. The number of carboxylic acid groups (broad SMARTS) is 1. The van der Waals surface area contributed by atoms with Crippen LogP contribution in [0.25, 0.3) is 0 Å². The molecule has 1 atom stereocenters. The lowest BCUT2D eigenvalue weighted by molar-refractivity contribution is -0.384. The lowest BCUT2D eigenvalue weighted by Crippen LogP contribution is -2.40. The maximum atomic E-state index is 12.3. The van der Waals surface area contributed by atoms with Gasteiger partial charge in [0.15, 0.2) is 0 Å². The number of halogens is 1. The van der Waals surface area contributed by atoms with Gasteiger partial charge in [0, 0.05) is 18.7 Å². The van der Waals surface area contributed by atoms with Gasteiger partial charge in [-0.2, -0.15) is 0 Å². The number of hydrogen-bond acceptors (Lipinski definition) is 4. The summed E-state index contributed by atoms with van der Waals surface area (Å²) >= 11 is 5.87. The van der Waals surface area contributed by atoms with Gasteiger partial charge < -0.3 is 10.0 Å². The molecule has 0 radical (unpaired) electrons. The largest absolute Gasteiger partial charge is 0.480 e. The van der Waals surface area contributed by atoms with Crippen LogP contribution in [0.2, 0.25) is 5.02 Å². The summed E-state index contributed by atoms with van der Waals surface area (Å²) in [6.45, 7) is 0.336. The fourth-order valence-corrected chi connectivity index (χ4v) is 2.47. The van der Waals surface area contributed by atoms with Crippen LogP contribution in [-0.4, -0.2) is 39.4 Å². The number of benzene rings is 1. The lowest BCUT2D eigenvalue weighted by atomic mass is 10.1. The second kappa shape index (κ2) is 5.46. The average Bonchev–Trinajstić information content (AvgIpc) is 2.87. The zero-order valence-electron chi connectivity index (χ0n) is 10.3. The van der Waals surface area contributed by atoms with Crippen LogP contribution in [0.3, 0.4) is 0 Å². The Labute approximate surface area is 118 Å². The molecular formula is C12H11ClN2O5. The first kappa shape index (κ1) is 14.3. The molecule has 0 aromatic heterocycles. The van der Waals surface area contributed by atoms with Crippen molar-refractivity contribution in [3.05, 3.63) is 38.9 Å². The topological polar surface area (TPSA) is 101 Å². The molecule has 1 heterocycles. The van der Waals surface area contributed by atoms with E-state index in [9.17, 15) is 19.7 Å². The first-order valence-corrected chi connectivity index (χ1v) is 6.27. The first-order chi connectivity index (χ1) is 9.41. The Kier molecular flexibility index (Phi) is 3.89. The fourth-order valence-electron chi connectivity index (χ4n) is 2.21. The molecule has 1 saturated heterocycles. The van der Waals surface area contributed by atoms with Gasteiger partial charge in [0.25, 0.3) is 11.6 Å². The Bertz CT molecular complexity index is 589. The Morgan fingerprint density at radius 1 is 1.45 bits per heavy atom. The van der Waals surface area contributed by atoms with E-state index in [0.717, 1.165) is 6.07 Å². The number of likely N-dealkylation sites (tertiary alicyclic amines) is 1. The van der Waals surface area contributed by atoms with Crippen LogP contribution in [-0.2, 0) is 4.79 Å². The molecule has 0 unspecified atom stereocenters. The Morgan fingerprint density at radius 2 is 2.15 bits per heavy atom. The number of carbonyl (C=O) groups is 2. The molecule has 1 fully saturated rings. The third kappa shape index (κ3) is 2.57. The highest BCUT2D eigenvalue weighted by molar-refractivity contribution is 6.34. The molecule has 20 heavy (non-hydrogen) atoms. The highest BCUT2D eigenvalue weighted by Crippen LogP contribution is 2.27. The molecule has 8 heteroatoms. The van der Waals surface area contributed by atoms with Gasteiger partial charge in [-0.1, -0.05) is 11.6 Å². The summed E-state index contributed by atoms with van der Waals surface area (Å²) in [7, 11) is 0. The molecule has 1 aliphatic heterocycles. The Hall–Kier alpha value is -2.15. The van der Waals surface area contributed by atoms with Crippen molar-refractivity contribution in [2.24, 2.45) is 0 Å². The standard InChI is InChI=1S/C12H11ClN2O5/c13-9-6-7(15(19)20)3-4-8(9)11(16)14-5-1-2-10(14)12(17)18/h3-4,6,10H,1-2,5H2,(H,17,18)/t10-/m0/s1. The van der Waals surface area contributed by atoms with Crippen LogP contribution in [0.4, 0.5) is 5.69 Å². The normalized spacial score (nSPS) is 18.1. The molecule has 2 rings (SSSR count). The summed E-state index contributed by atoms with van der Waals surface area (Å²) in [5.74, 6) is -1.58. The van der Waals surface area contributed by atoms with E-state index in [0.29, 0.717) is 19.4 Å². The molecule has 0 spiro atoms. The predicted molar refractivity (Wildman–Crippen MR) is 69.8 cm³/mol. The molecule has 1 aromatic carbocycles. The van der Waals surface area contributed by atoms with Gasteiger partial charge in [0.1, 0.15) is 6.04 Å². The van der Waals surface area contributed by atoms with Gasteiger partial charge in [-0.15, -0.1) is 0 Å². The SMILES string of the molecule is O=C(O)[C@@H]1CCCN1C(=O)c1ccc([N+](=O)[O-])cc1Cl. The number of amides is 1. The minimum atomic E-state index is -1.06. The predicted octanol–water partition coefficient (Wildman–Crippen LogP) is 1.94. The molecular weight excluding hydrogens is 288 g/mol. The van der Waals surface area contributed by atoms with E-state index >= 15 is 0 Å². The summed E-state index contributed by atoms with van der Waals surface area (Å²) < 4.78 is 0. The smallest absolute Gasteiger partial charge is 0.326 e. The van der Waals surface area contributed by atoms with Crippen LogP contribution in [0, 0.1) is 10.1 Å². The number of nitro groups is 1. The van der Waals surface area contributed by atoms with Gasteiger partial charge in [-0.05, 0) is 18.9 Å². The molecule has 0 saturated carbocycles. The third-order valence-electron chi connectivity index (χ3n) is 3.19. The summed E-state index contributed by atoms with van der Waals surface area (Å²) in [4.78, 5) is 34.6. The number of carboxylic acids is 1. The molecule has 1 N–H and O–H groups in total. The number of carbonyl (C=O) groups excluding carboxylic acids is 1. The van der Waals surface area contributed by atoms with Gasteiger partial charge in [-0.3, -0.25) is 14.9 Å². The maximum Gasteiger partial charge on any atom is 0.326 e. The van der Waals surface area contributed by atoms with E-state index < -0.39 is 22.8 Å². The minimum absolute atomic E-state index is 0.0553. The molecule has 0 aliphatic carbocycles. The highest BCUT2D eigenvalue weighted by atomic mass is 35.5. The van der Waals surface area contributed by atoms with Gasteiger partial charge in [0.05, 0.1) is 15.5 Å². The number of nitro benzene ring substituents is 1. The summed E-state index contributed by atoms with van der Waals surface area (Å²) in [6.07, 6.45) is 0.999. The van der Waals surface area contributed by atoms with Crippen LogP contribution in [0.1, 0.15) is 23.2 Å². The zero-order valence-corrected chi connectivity index (χ0v) is 11.0. The molecule has 7 nitrogen and oxygen atoms in total. The zero-order chi connectivity index (χ0) is 14.9. The van der Waals surface area contributed by atoms with Gasteiger partial charge in [-0.25, -0.2) is 4.79 Å². The van der Waals surface area contributed by atoms with E-state index in [1.165, 1.54) is 17.0 Å². The van der Waals surface area contributed by atoms with E-state index in [1.54, 1.807) is 0 Å². The van der Waals surface area contributed by atoms with Crippen LogP contribution in [0.5, 0.6) is 0 Å². The molecule has 1 aliphatic rings. The Balaban J connectivity index is 2.29. The van der Waals surface area contributed by atoms with Gasteiger partial charge in [0.2, 0.25) is 0 Å². The molecule has 1 amide bonds. The lowest BCUT2D eigenvalue weighted by Gasteiger charge is -2.21. The molecule has 106 valence electrons. The number of rotatable bonds is 3. The highest BCUT2D eigenvalue weighted by Gasteiger charge is 2.35. The second-order valence-electron chi connectivity index (χ2n) is 4.42. The van der Waals surface area contributed by atoms with E-state index in [1.807, 2.05) is 0 Å². The van der Waals surface area contributed by atoms with Crippen LogP contribution >= 0.6 is 11.6 Å². The van der Waals surface area contributed by atoms with Crippen molar-refractivity contribution < 1.29 is 19.6 Å². The number of non-ortho nitro benzene ring substituents is 1. The van der Waals surface area contributed by atoms with Crippen molar-refractivity contribution in [2.75, 3.05) is 6.54 Å². The van der Waals surface area contributed by atoms with E-state index in [-0.39, 0.29) is 16.3 Å². The molecule has 1 aromatic rings. The van der Waals surface area contributed by atoms with Crippen molar-refractivity contribution >= 4 is 29.2 Å². The second-order valence-corrected chi connectivity index (χ2v) is 4.82. The minimum Gasteiger partial charge on any atom is -0.480 e. The quantitative estimate of drug-likeness (QED) is 0.679. The molecule has 0 bridgehead atoms.